The maximum atomic E-state index is 13.7. The van der Waals surface area contributed by atoms with Crippen molar-refractivity contribution < 1.29 is 34.4 Å². The maximum Gasteiger partial charge on any atom is 0.244 e. The second kappa shape index (κ2) is 14.2. The van der Waals surface area contributed by atoms with E-state index in [2.05, 4.69) is 10.6 Å². The molecule has 1 aromatic rings. The van der Waals surface area contributed by atoms with Gasteiger partial charge in [-0.1, -0.05) is 44.2 Å². The summed E-state index contributed by atoms with van der Waals surface area (Å²) in [6.45, 7) is 7.91. The summed E-state index contributed by atoms with van der Waals surface area (Å²) in [4.78, 5) is 28.6. The van der Waals surface area contributed by atoms with Gasteiger partial charge in [-0.25, -0.2) is 16.8 Å². The molecule has 0 radical (unpaired) electrons. The highest BCUT2D eigenvalue weighted by Crippen LogP contribution is 2.22. The molecular weight excluding hydrogens is 556 g/mol. The van der Waals surface area contributed by atoms with Gasteiger partial charge in [-0.3, -0.25) is 14.5 Å². The Balaban J connectivity index is 0.00000840. The molecule has 3 N–H and O–H groups in total. The van der Waals surface area contributed by atoms with E-state index in [4.69, 9.17) is 0 Å². The van der Waals surface area contributed by atoms with E-state index in [1.807, 2.05) is 36.9 Å². The van der Waals surface area contributed by atoms with Crippen molar-refractivity contribution in [1.29, 1.82) is 0 Å². The Morgan fingerprint density at radius 1 is 1.02 bits per heavy atom. The van der Waals surface area contributed by atoms with Gasteiger partial charge in [0.1, 0.15) is 6.04 Å². The molecule has 1 saturated heterocycles. The molecule has 0 saturated carbocycles. The van der Waals surface area contributed by atoms with Gasteiger partial charge in [0, 0.05) is 22.2 Å². The second-order valence-electron chi connectivity index (χ2n) is 11.7. The van der Waals surface area contributed by atoms with Gasteiger partial charge in [0.25, 0.3) is 0 Å². The summed E-state index contributed by atoms with van der Waals surface area (Å²) in [6.07, 6.45) is 2.83. The van der Waals surface area contributed by atoms with E-state index in [1.165, 1.54) is 18.2 Å². The Bertz CT molecular complexity index is 1210. The smallest absolute Gasteiger partial charge is 0.244 e. The van der Waals surface area contributed by atoms with Crippen LogP contribution >= 0.6 is 0 Å². The average Bonchev–Trinajstić information content (AvgIpc) is 3.33. The van der Waals surface area contributed by atoms with Gasteiger partial charge in [-0.15, -0.1) is 0 Å². The van der Waals surface area contributed by atoms with Crippen LogP contribution in [0.25, 0.3) is 0 Å². The predicted octanol–water partition coefficient (Wildman–Crippen LogP) is 0.888. The third-order valence-corrected chi connectivity index (χ3v) is 10.7. The normalized spacial score (nSPS) is 17.5. The number of amides is 2. The number of benzene rings is 1. The highest BCUT2D eigenvalue weighted by Gasteiger charge is 2.45. The van der Waals surface area contributed by atoms with E-state index in [9.17, 15) is 31.5 Å². The van der Waals surface area contributed by atoms with E-state index >= 15 is 0 Å². The third-order valence-electron chi connectivity index (χ3n) is 7.30. The fourth-order valence-corrected chi connectivity index (χ4v) is 6.21. The van der Waals surface area contributed by atoms with E-state index in [0.29, 0.717) is 0 Å². The molecule has 232 valence electrons. The van der Waals surface area contributed by atoms with Gasteiger partial charge >= 0.3 is 0 Å². The minimum atomic E-state index is -3.83. The summed E-state index contributed by atoms with van der Waals surface area (Å²) in [6, 6.07) is 6.62. The molecule has 1 heterocycles. The van der Waals surface area contributed by atoms with E-state index in [-0.39, 0.29) is 34.8 Å². The first-order valence-electron chi connectivity index (χ1n) is 13.6. The monoisotopic (exact) mass is 606 g/mol. The molecule has 0 aliphatic carbocycles. The number of hydrogen-bond donors (Lipinski definition) is 3. The molecule has 0 bridgehead atoms. The summed E-state index contributed by atoms with van der Waals surface area (Å²) in [5.41, 5.74) is 0.776. The van der Waals surface area contributed by atoms with Gasteiger partial charge in [0.15, 0.2) is 9.84 Å². The van der Waals surface area contributed by atoms with Crippen LogP contribution in [0.1, 0.15) is 49.0 Å². The van der Waals surface area contributed by atoms with E-state index < -0.39 is 54.6 Å². The lowest BCUT2D eigenvalue weighted by Gasteiger charge is -2.35. The SMILES string of the molecule is CC(C)CN(CC(O)[C@H](Cc1ccccc1)NC(=O)[C@@H](NC(=O)CN1CCCC1)C(C)(C)S(C)(=O)=O)S(C)(=O)=O.[HH].[HH]. The minimum absolute atomic E-state index is 0. The number of aliphatic hydroxyl groups excluding tert-OH is 1. The summed E-state index contributed by atoms with van der Waals surface area (Å²) in [7, 11) is -7.48. The molecule has 0 spiro atoms. The summed E-state index contributed by atoms with van der Waals surface area (Å²) < 4.78 is 49.8. The van der Waals surface area contributed by atoms with Crippen LogP contribution in [0.3, 0.4) is 0 Å². The molecule has 1 unspecified atom stereocenters. The zero-order valence-electron chi connectivity index (χ0n) is 24.5. The number of aliphatic hydroxyl groups is 1. The number of likely N-dealkylation sites (tertiary alicyclic amines) is 1. The number of sulfone groups is 1. The van der Waals surface area contributed by atoms with Crippen LogP contribution in [-0.4, -0.2) is 111 Å². The lowest BCUT2D eigenvalue weighted by atomic mass is 9.98. The van der Waals surface area contributed by atoms with Gasteiger partial charge in [0.05, 0.1) is 29.7 Å². The van der Waals surface area contributed by atoms with Crippen molar-refractivity contribution in [3.05, 3.63) is 35.9 Å². The Labute approximate surface area is 242 Å². The van der Waals surface area contributed by atoms with Crippen molar-refractivity contribution in [2.24, 2.45) is 5.92 Å². The van der Waals surface area contributed by atoms with Crippen LogP contribution < -0.4 is 10.6 Å². The molecule has 1 aliphatic heterocycles. The second-order valence-corrected chi connectivity index (χ2v) is 16.3. The summed E-state index contributed by atoms with van der Waals surface area (Å²) in [5, 5.41) is 16.6. The molecule has 2 rings (SSSR count). The van der Waals surface area contributed by atoms with Gasteiger partial charge in [0.2, 0.25) is 21.8 Å². The highest BCUT2D eigenvalue weighted by atomic mass is 32.2. The van der Waals surface area contributed by atoms with Crippen molar-refractivity contribution in [3.8, 4) is 0 Å². The largest absolute Gasteiger partial charge is 0.390 e. The molecule has 3 atom stereocenters. The number of sulfonamides is 1. The molecule has 40 heavy (non-hydrogen) atoms. The fraction of sp³-hybridized carbons (Fsp3) is 0.704. The highest BCUT2D eigenvalue weighted by molar-refractivity contribution is 7.92. The van der Waals surface area contributed by atoms with Crippen molar-refractivity contribution in [2.45, 2.75) is 69.9 Å². The first-order chi connectivity index (χ1) is 18.4. The number of rotatable bonds is 15. The predicted molar refractivity (Wildman–Crippen MR) is 160 cm³/mol. The van der Waals surface area contributed by atoms with Crippen LogP contribution in [0.15, 0.2) is 30.3 Å². The van der Waals surface area contributed by atoms with Crippen molar-refractivity contribution in [1.82, 2.24) is 19.8 Å². The average molecular weight is 607 g/mol. The fourth-order valence-electron chi connectivity index (χ4n) is 4.63. The number of nitrogens with one attached hydrogen (secondary N) is 2. The molecular formula is C27H50N4O7S2. The first kappa shape index (κ1) is 34.1. The molecule has 1 aromatic carbocycles. The van der Waals surface area contributed by atoms with Crippen molar-refractivity contribution in [2.75, 3.05) is 45.2 Å². The molecule has 11 nitrogen and oxygen atoms in total. The van der Waals surface area contributed by atoms with Crippen LogP contribution in [0, 0.1) is 5.92 Å². The van der Waals surface area contributed by atoms with Crippen molar-refractivity contribution in [3.63, 3.8) is 0 Å². The van der Waals surface area contributed by atoms with Crippen LogP contribution in [0.4, 0.5) is 0 Å². The molecule has 1 fully saturated rings. The Morgan fingerprint density at radius 2 is 1.60 bits per heavy atom. The number of carbonyl (C=O) groups is 2. The molecule has 13 heteroatoms. The van der Waals surface area contributed by atoms with Crippen LogP contribution in [0.5, 0.6) is 0 Å². The number of hydrogen-bond acceptors (Lipinski definition) is 8. The zero-order chi connectivity index (χ0) is 30.3. The Hall–Kier alpha value is -2.06. The van der Waals surface area contributed by atoms with Crippen LogP contribution in [0.2, 0.25) is 0 Å². The minimum Gasteiger partial charge on any atom is -0.390 e. The van der Waals surface area contributed by atoms with Gasteiger partial charge < -0.3 is 15.7 Å². The Kier molecular flexibility index (Phi) is 12.1. The number of nitrogens with zero attached hydrogens (tertiary/aromatic N) is 2. The zero-order valence-corrected chi connectivity index (χ0v) is 26.1. The molecule has 0 aromatic heterocycles. The standard InChI is InChI=1S/C27H46N4O7S2.2H2/c1-20(2)17-31(40(6,37)38)18-23(32)22(16-21-12-8-7-9-13-21)28-26(34)25(27(3,4)39(5,35)36)29-24(33)19-30-14-10-11-15-30;;/h7-9,12-13,20,22-23,25,32H,10-11,14-19H2,1-6H3,(H,28,34)(H,29,33);2*1H/t22-,23?,25+;;/m0../s1. The Morgan fingerprint density at radius 3 is 2.10 bits per heavy atom. The van der Waals surface area contributed by atoms with Crippen molar-refractivity contribution >= 4 is 31.7 Å². The first-order valence-corrected chi connectivity index (χ1v) is 17.3. The summed E-state index contributed by atoms with van der Waals surface area (Å²) in [5.74, 6) is -1.26. The summed E-state index contributed by atoms with van der Waals surface area (Å²) >= 11 is 0. The molecule has 2 amide bonds. The topological polar surface area (TPSA) is 153 Å². The van der Waals surface area contributed by atoms with Gasteiger partial charge in [-0.2, -0.15) is 4.31 Å². The quantitative estimate of drug-likeness (QED) is 0.266. The van der Waals surface area contributed by atoms with Gasteiger partial charge in [-0.05, 0) is 57.7 Å². The van der Waals surface area contributed by atoms with Crippen LogP contribution in [-0.2, 0) is 35.9 Å². The lowest BCUT2D eigenvalue weighted by molar-refractivity contribution is -0.131. The van der Waals surface area contributed by atoms with E-state index in [1.54, 1.807) is 12.1 Å². The van der Waals surface area contributed by atoms with E-state index in [0.717, 1.165) is 44.0 Å². The lowest BCUT2D eigenvalue weighted by Crippen LogP contribution is -2.64. The maximum absolute atomic E-state index is 13.7. The third kappa shape index (κ3) is 10.1. The molecule has 1 aliphatic rings. The number of carbonyl (C=O) groups excluding carboxylic acids is 2.